The Morgan fingerprint density at radius 2 is 1.59 bits per heavy atom. The van der Waals surface area contributed by atoms with Crippen LogP contribution in [0.4, 0.5) is 5.69 Å². The van der Waals surface area contributed by atoms with Crippen molar-refractivity contribution in [2.24, 2.45) is 0 Å². The zero-order valence-corrected chi connectivity index (χ0v) is 16.4. The van der Waals surface area contributed by atoms with Gasteiger partial charge in [0.05, 0.1) is 0 Å². The van der Waals surface area contributed by atoms with Crippen LogP contribution in [0.3, 0.4) is 0 Å². The number of nitrogens with one attached hydrogen (secondary N) is 2. The minimum absolute atomic E-state index is 0.155. The van der Waals surface area contributed by atoms with Gasteiger partial charge in [-0.15, -0.1) is 0 Å². The Hall–Kier alpha value is -2.57. The van der Waals surface area contributed by atoms with Crippen molar-refractivity contribution in [1.82, 2.24) is 10.2 Å². The number of halogens is 1. The minimum atomic E-state index is -0.621. The largest absolute Gasteiger partial charge is 0.457 e. The highest BCUT2D eigenvalue weighted by atomic mass is 35.5. The minimum Gasteiger partial charge on any atom is -0.457 e. The molecule has 0 fully saturated rings. The normalized spacial score (nSPS) is 11.7. The maximum atomic E-state index is 12.2. The molecule has 1 unspecified atom stereocenters. The van der Waals surface area contributed by atoms with Crippen molar-refractivity contribution in [2.75, 3.05) is 26.0 Å². The Kier molecular flexibility index (Phi) is 7.64. The van der Waals surface area contributed by atoms with E-state index in [-0.39, 0.29) is 11.8 Å². The van der Waals surface area contributed by atoms with Gasteiger partial charge >= 0.3 is 0 Å². The van der Waals surface area contributed by atoms with Crippen LogP contribution in [0.1, 0.15) is 13.3 Å². The first-order valence-electron chi connectivity index (χ1n) is 8.62. The smallest absolute Gasteiger partial charge is 0.246 e. The van der Waals surface area contributed by atoms with Gasteiger partial charge in [0.1, 0.15) is 17.5 Å². The molecule has 1 atom stereocenters. The molecule has 0 bridgehead atoms. The summed E-state index contributed by atoms with van der Waals surface area (Å²) in [5, 5.41) is 6.11. The number of carbonyl (C=O) groups is 2. The molecule has 0 spiro atoms. The van der Waals surface area contributed by atoms with E-state index in [9.17, 15) is 9.59 Å². The van der Waals surface area contributed by atoms with Gasteiger partial charge in [0, 0.05) is 23.7 Å². The fraction of sp³-hybridized carbons (Fsp3) is 0.300. The van der Waals surface area contributed by atoms with E-state index in [1.807, 2.05) is 19.0 Å². The third kappa shape index (κ3) is 7.29. The molecule has 0 saturated heterocycles. The summed E-state index contributed by atoms with van der Waals surface area (Å²) in [5.74, 6) is 0.878. The van der Waals surface area contributed by atoms with Gasteiger partial charge in [-0.25, -0.2) is 0 Å². The van der Waals surface area contributed by atoms with Crippen LogP contribution in [-0.4, -0.2) is 43.4 Å². The highest BCUT2D eigenvalue weighted by molar-refractivity contribution is 6.30. The molecule has 0 aliphatic carbocycles. The monoisotopic (exact) mass is 389 g/mol. The van der Waals surface area contributed by atoms with Gasteiger partial charge in [0.15, 0.2) is 0 Å². The summed E-state index contributed by atoms with van der Waals surface area (Å²) < 4.78 is 5.71. The Bertz CT molecular complexity index is 761. The van der Waals surface area contributed by atoms with Crippen molar-refractivity contribution in [3.63, 3.8) is 0 Å². The number of hydrogen-bond donors (Lipinski definition) is 2. The van der Waals surface area contributed by atoms with E-state index in [1.165, 1.54) is 0 Å². The average molecular weight is 390 g/mol. The lowest BCUT2D eigenvalue weighted by molar-refractivity contribution is -0.126. The molecule has 144 valence electrons. The molecule has 2 aromatic carbocycles. The van der Waals surface area contributed by atoms with Crippen LogP contribution < -0.4 is 15.4 Å². The first kappa shape index (κ1) is 20.7. The van der Waals surface area contributed by atoms with Crippen LogP contribution in [0.15, 0.2) is 48.5 Å². The number of amides is 2. The van der Waals surface area contributed by atoms with Crippen molar-refractivity contribution in [3.05, 3.63) is 53.6 Å². The molecule has 2 amide bonds. The number of carbonyl (C=O) groups excluding carboxylic acids is 2. The van der Waals surface area contributed by atoms with E-state index >= 15 is 0 Å². The van der Waals surface area contributed by atoms with Crippen LogP contribution in [0.2, 0.25) is 5.02 Å². The number of anilines is 1. The summed E-state index contributed by atoms with van der Waals surface area (Å²) in [4.78, 5) is 25.9. The SMILES string of the molecule is CC(NC(=O)CCN(C)C)C(=O)Nc1ccc(Oc2ccc(Cl)cc2)cc1. The van der Waals surface area contributed by atoms with E-state index in [2.05, 4.69) is 10.6 Å². The lowest BCUT2D eigenvalue weighted by atomic mass is 10.2. The quantitative estimate of drug-likeness (QED) is 0.724. The lowest BCUT2D eigenvalue weighted by Gasteiger charge is -2.15. The molecule has 0 heterocycles. The second-order valence-electron chi connectivity index (χ2n) is 6.41. The molecule has 0 saturated carbocycles. The zero-order chi connectivity index (χ0) is 19.8. The molecule has 6 nitrogen and oxygen atoms in total. The van der Waals surface area contributed by atoms with Gasteiger partial charge in [-0.2, -0.15) is 0 Å². The summed E-state index contributed by atoms with van der Waals surface area (Å²) in [7, 11) is 3.79. The predicted octanol–water partition coefficient (Wildman–Crippen LogP) is 3.53. The summed E-state index contributed by atoms with van der Waals surface area (Å²) in [6.45, 7) is 2.29. The molecule has 2 aromatic rings. The number of benzene rings is 2. The lowest BCUT2D eigenvalue weighted by Crippen LogP contribution is -2.42. The Morgan fingerprint density at radius 3 is 2.15 bits per heavy atom. The van der Waals surface area contributed by atoms with Crippen molar-refractivity contribution in [1.29, 1.82) is 0 Å². The maximum Gasteiger partial charge on any atom is 0.246 e. The molecular weight excluding hydrogens is 366 g/mol. The van der Waals surface area contributed by atoms with E-state index in [0.717, 1.165) is 0 Å². The Labute approximate surface area is 164 Å². The maximum absolute atomic E-state index is 12.2. The fourth-order valence-electron chi connectivity index (χ4n) is 2.20. The van der Waals surface area contributed by atoms with Crippen LogP contribution in [0.5, 0.6) is 11.5 Å². The third-order valence-corrected chi connectivity index (χ3v) is 3.98. The predicted molar refractivity (Wildman–Crippen MR) is 107 cm³/mol. The first-order valence-corrected chi connectivity index (χ1v) is 9.00. The van der Waals surface area contributed by atoms with Gasteiger partial charge < -0.3 is 20.3 Å². The van der Waals surface area contributed by atoms with Crippen LogP contribution >= 0.6 is 11.6 Å². The fourth-order valence-corrected chi connectivity index (χ4v) is 2.33. The van der Waals surface area contributed by atoms with E-state index in [0.29, 0.717) is 35.2 Å². The second kappa shape index (κ2) is 9.94. The highest BCUT2D eigenvalue weighted by Crippen LogP contribution is 2.24. The molecule has 7 heteroatoms. The van der Waals surface area contributed by atoms with E-state index < -0.39 is 6.04 Å². The Morgan fingerprint density at radius 1 is 1.04 bits per heavy atom. The van der Waals surface area contributed by atoms with Crippen molar-refractivity contribution >= 4 is 29.1 Å². The van der Waals surface area contributed by atoms with Gasteiger partial charge in [0.2, 0.25) is 11.8 Å². The number of hydrogen-bond acceptors (Lipinski definition) is 4. The number of rotatable bonds is 8. The third-order valence-electron chi connectivity index (χ3n) is 3.73. The zero-order valence-electron chi connectivity index (χ0n) is 15.7. The molecule has 27 heavy (non-hydrogen) atoms. The van der Waals surface area contributed by atoms with Crippen molar-refractivity contribution < 1.29 is 14.3 Å². The summed E-state index contributed by atoms with van der Waals surface area (Å²) in [5.41, 5.74) is 0.623. The molecule has 0 aliphatic heterocycles. The molecule has 0 aromatic heterocycles. The van der Waals surface area contributed by atoms with Gasteiger partial charge in [-0.1, -0.05) is 11.6 Å². The van der Waals surface area contributed by atoms with Gasteiger partial charge in [-0.05, 0) is 69.6 Å². The Balaban J connectivity index is 1.84. The average Bonchev–Trinajstić information content (AvgIpc) is 2.63. The van der Waals surface area contributed by atoms with E-state index in [4.69, 9.17) is 16.3 Å². The molecule has 0 aliphatic rings. The van der Waals surface area contributed by atoms with Crippen LogP contribution in [-0.2, 0) is 9.59 Å². The van der Waals surface area contributed by atoms with E-state index in [1.54, 1.807) is 55.5 Å². The van der Waals surface area contributed by atoms with Crippen molar-refractivity contribution in [2.45, 2.75) is 19.4 Å². The molecule has 0 radical (unpaired) electrons. The number of ether oxygens (including phenoxy) is 1. The highest BCUT2D eigenvalue weighted by Gasteiger charge is 2.15. The molecule has 2 N–H and O–H groups in total. The van der Waals surface area contributed by atoms with Gasteiger partial charge in [-0.3, -0.25) is 9.59 Å². The molecule has 2 rings (SSSR count). The van der Waals surface area contributed by atoms with Gasteiger partial charge in [0.25, 0.3) is 0 Å². The summed E-state index contributed by atoms with van der Waals surface area (Å²) in [6.07, 6.45) is 0.349. The first-order chi connectivity index (χ1) is 12.8. The van der Waals surface area contributed by atoms with Crippen molar-refractivity contribution in [3.8, 4) is 11.5 Å². The van der Waals surface area contributed by atoms with Crippen LogP contribution in [0, 0.1) is 0 Å². The second-order valence-corrected chi connectivity index (χ2v) is 6.85. The summed E-state index contributed by atoms with van der Waals surface area (Å²) >= 11 is 5.85. The molecular formula is C20H24ClN3O3. The number of nitrogens with zero attached hydrogens (tertiary/aromatic N) is 1. The standard InChI is InChI=1S/C20H24ClN3O3/c1-14(22-19(25)12-13-24(2)3)20(26)23-16-6-10-18(11-7-16)27-17-8-4-15(21)5-9-17/h4-11,14H,12-13H2,1-3H3,(H,22,25)(H,23,26). The summed E-state index contributed by atoms with van der Waals surface area (Å²) in [6, 6.07) is 13.4. The van der Waals surface area contributed by atoms with Crippen LogP contribution in [0.25, 0.3) is 0 Å². The topological polar surface area (TPSA) is 70.7 Å².